The molecule has 4 nitrogen and oxygen atoms in total. The van der Waals surface area contributed by atoms with E-state index < -0.39 is 17.3 Å². The van der Waals surface area contributed by atoms with E-state index in [2.05, 4.69) is 5.32 Å². The Kier molecular flexibility index (Phi) is 4.52. The highest BCUT2D eigenvalue weighted by Crippen LogP contribution is 2.33. The van der Waals surface area contributed by atoms with Gasteiger partial charge in [0.25, 0.3) is 5.91 Å². The van der Waals surface area contributed by atoms with Crippen LogP contribution >= 0.6 is 0 Å². The highest BCUT2D eigenvalue weighted by atomic mass is 19.4. The average Bonchev–Trinajstić information content (AvgIpc) is 2.23. The zero-order chi connectivity index (χ0) is 15.6. The average molecular weight is 290 g/mol. The van der Waals surface area contributed by atoms with Crippen molar-refractivity contribution < 1.29 is 22.7 Å². The number of alkyl halides is 3. The first kappa shape index (κ1) is 16.1. The van der Waals surface area contributed by atoms with Crippen molar-refractivity contribution in [2.24, 2.45) is 0 Å². The minimum absolute atomic E-state index is 0.0436. The largest absolute Gasteiger partial charge is 0.482 e. The van der Waals surface area contributed by atoms with Gasteiger partial charge >= 0.3 is 6.18 Å². The Hall–Kier alpha value is -1.92. The van der Waals surface area contributed by atoms with Gasteiger partial charge < -0.3 is 15.8 Å². The molecule has 0 unspecified atom stereocenters. The number of halogens is 3. The van der Waals surface area contributed by atoms with E-state index >= 15 is 0 Å². The molecule has 0 aliphatic rings. The standard InChI is InChI=1S/C13H17F3N2O2/c1-12(2,3)18-11(19)7-20-10-5-4-8(6-9(10)17)13(14,15)16/h4-6H,7,17H2,1-3H3,(H,18,19). The first-order valence-electron chi connectivity index (χ1n) is 5.89. The van der Waals surface area contributed by atoms with Gasteiger partial charge in [0.2, 0.25) is 0 Å². The summed E-state index contributed by atoms with van der Waals surface area (Å²) in [6, 6.07) is 2.73. The zero-order valence-corrected chi connectivity index (χ0v) is 11.5. The van der Waals surface area contributed by atoms with Crippen LogP contribution in [-0.2, 0) is 11.0 Å². The number of carbonyl (C=O) groups excluding carboxylic acids is 1. The molecule has 0 radical (unpaired) electrons. The number of hydrogen-bond donors (Lipinski definition) is 2. The predicted octanol–water partition coefficient (Wildman–Crippen LogP) is 2.58. The normalized spacial score (nSPS) is 12.1. The van der Waals surface area contributed by atoms with E-state index in [0.717, 1.165) is 18.2 Å². The quantitative estimate of drug-likeness (QED) is 0.841. The Bertz CT molecular complexity index is 493. The monoisotopic (exact) mass is 290 g/mol. The van der Waals surface area contributed by atoms with Crippen LogP contribution in [0, 0.1) is 0 Å². The number of nitrogen functional groups attached to an aromatic ring is 1. The topological polar surface area (TPSA) is 64.3 Å². The van der Waals surface area contributed by atoms with Gasteiger partial charge in [0, 0.05) is 5.54 Å². The molecule has 3 N–H and O–H groups in total. The summed E-state index contributed by atoms with van der Waals surface area (Å²) in [4.78, 5) is 11.5. The Morgan fingerprint density at radius 1 is 1.30 bits per heavy atom. The summed E-state index contributed by atoms with van der Waals surface area (Å²) in [5.41, 5.74) is 4.04. The molecule has 1 aromatic rings. The van der Waals surface area contributed by atoms with Gasteiger partial charge in [-0.2, -0.15) is 13.2 Å². The van der Waals surface area contributed by atoms with Crippen molar-refractivity contribution >= 4 is 11.6 Å². The van der Waals surface area contributed by atoms with Crippen LogP contribution in [0.5, 0.6) is 5.75 Å². The summed E-state index contributed by atoms with van der Waals surface area (Å²) in [5.74, 6) is -0.334. The lowest BCUT2D eigenvalue weighted by atomic mass is 10.1. The number of nitrogens with one attached hydrogen (secondary N) is 1. The fraction of sp³-hybridized carbons (Fsp3) is 0.462. The van der Waals surface area contributed by atoms with E-state index in [0.29, 0.717) is 0 Å². The van der Waals surface area contributed by atoms with Crippen molar-refractivity contribution in [1.29, 1.82) is 0 Å². The number of nitrogens with two attached hydrogens (primary N) is 1. The minimum Gasteiger partial charge on any atom is -0.482 e. The number of carbonyl (C=O) groups is 1. The molecule has 0 fully saturated rings. The Morgan fingerprint density at radius 2 is 1.90 bits per heavy atom. The van der Waals surface area contributed by atoms with Crippen LogP contribution in [0.25, 0.3) is 0 Å². The Labute approximate surface area is 115 Å². The summed E-state index contributed by atoms with van der Waals surface area (Å²) in [5, 5.41) is 2.66. The number of benzene rings is 1. The molecule has 7 heteroatoms. The maximum atomic E-state index is 12.4. The summed E-state index contributed by atoms with van der Waals surface area (Å²) in [7, 11) is 0. The predicted molar refractivity (Wildman–Crippen MR) is 69.2 cm³/mol. The summed E-state index contributed by atoms with van der Waals surface area (Å²) in [6.45, 7) is 5.10. The van der Waals surface area contributed by atoms with E-state index in [1.165, 1.54) is 0 Å². The second kappa shape index (κ2) is 5.60. The van der Waals surface area contributed by atoms with Crippen molar-refractivity contribution in [2.75, 3.05) is 12.3 Å². The molecule has 0 aliphatic heterocycles. The maximum absolute atomic E-state index is 12.4. The third-order valence-corrected chi connectivity index (χ3v) is 2.21. The fourth-order valence-corrected chi connectivity index (χ4v) is 1.45. The molecule has 0 heterocycles. The highest BCUT2D eigenvalue weighted by molar-refractivity contribution is 5.78. The molecule has 1 aromatic carbocycles. The molecule has 0 spiro atoms. The Morgan fingerprint density at radius 3 is 2.35 bits per heavy atom. The van der Waals surface area contributed by atoms with E-state index in [1.54, 1.807) is 20.8 Å². The summed E-state index contributed by atoms with van der Waals surface area (Å²) in [6.07, 6.45) is -4.46. The number of hydrogen-bond acceptors (Lipinski definition) is 3. The summed E-state index contributed by atoms with van der Waals surface area (Å²) >= 11 is 0. The van der Waals surface area contributed by atoms with Crippen LogP contribution in [0.4, 0.5) is 18.9 Å². The van der Waals surface area contributed by atoms with Gasteiger partial charge in [-0.15, -0.1) is 0 Å². The van der Waals surface area contributed by atoms with Gasteiger partial charge in [-0.1, -0.05) is 0 Å². The van der Waals surface area contributed by atoms with Crippen LogP contribution in [0.2, 0.25) is 0 Å². The molecule has 0 bridgehead atoms. The maximum Gasteiger partial charge on any atom is 0.416 e. The second-order valence-corrected chi connectivity index (χ2v) is 5.34. The van der Waals surface area contributed by atoms with Crippen molar-refractivity contribution in [2.45, 2.75) is 32.5 Å². The molecule has 1 rings (SSSR count). The van der Waals surface area contributed by atoms with E-state index in [1.807, 2.05) is 0 Å². The van der Waals surface area contributed by atoms with Gasteiger partial charge in [-0.3, -0.25) is 4.79 Å². The first-order chi connectivity index (χ1) is 8.99. The fourth-order valence-electron chi connectivity index (χ4n) is 1.45. The zero-order valence-electron chi connectivity index (χ0n) is 11.5. The summed E-state index contributed by atoms with van der Waals surface area (Å²) < 4.78 is 42.4. The Balaban J connectivity index is 2.68. The van der Waals surface area contributed by atoms with Crippen LogP contribution in [0.1, 0.15) is 26.3 Å². The number of rotatable bonds is 3. The van der Waals surface area contributed by atoms with Crippen molar-refractivity contribution in [3.05, 3.63) is 23.8 Å². The first-order valence-corrected chi connectivity index (χ1v) is 5.89. The molecular weight excluding hydrogens is 273 g/mol. The number of anilines is 1. The van der Waals surface area contributed by atoms with Crippen LogP contribution in [0.15, 0.2) is 18.2 Å². The van der Waals surface area contributed by atoms with Gasteiger partial charge in [-0.25, -0.2) is 0 Å². The van der Waals surface area contributed by atoms with Crippen molar-refractivity contribution in [3.8, 4) is 5.75 Å². The molecule has 20 heavy (non-hydrogen) atoms. The highest BCUT2D eigenvalue weighted by Gasteiger charge is 2.31. The lowest BCUT2D eigenvalue weighted by Gasteiger charge is -2.20. The number of ether oxygens (including phenoxy) is 1. The van der Waals surface area contributed by atoms with Crippen LogP contribution in [0.3, 0.4) is 0 Å². The van der Waals surface area contributed by atoms with Gasteiger partial charge in [0.15, 0.2) is 6.61 Å². The molecule has 0 aromatic heterocycles. The molecular formula is C13H17F3N2O2. The molecule has 1 amide bonds. The minimum atomic E-state index is -4.46. The third-order valence-electron chi connectivity index (χ3n) is 2.21. The molecule has 0 aliphatic carbocycles. The third kappa shape index (κ3) is 4.99. The second-order valence-electron chi connectivity index (χ2n) is 5.34. The van der Waals surface area contributed by atoms with Crippen LogP contribution in [-0.4, -0.2) is 18.1 Å². The van der Waals surface area contributed by atoms with E-state index in [4.69, 9.17) is 10.5 Å². The van der Waals surface area contributed by atoms with E-state index in [9.17, 15) is 18.0 Å². The number of amides is 1. The smallest absolute Gasteiger partial charge is 0.416 e. The molecule has 112 valence electrons. The lowest BCUT2D eigenvalue weighted by molar-refractivity contribution is -0.137. The molecule has 0 saturated carbocycles. The lowest BCUT2D eigenvalue weighted by Crippen LogP contribution is -2.43. The van der Waals surface area contributed by atoms with Crippen LogP contribution < -0.4 is 15.8 Å². The molecule has 0 atom stereocenters. The molecule has 0 saturated heterocycles. The SMILES string of the molecule is CC(C)(C)NC(=O)COc1ccc(C(F)(F)F)cc1N. The van der Waals surface area contributed by atoms with Gasteiger partial charge in [0.1, 0.15) is 5.75 Å². The van der Waals surface area contributed by atoms with Gasteiger partial charge in [0.05, 0.1) is 11.3 Å². The van der Waals surface area contributed by atoms with Crippen molar-refractivity contribution in [3.63, 3.8) is 0 Å². The van der Waals surface area contributed by atoms with E-state index in [-0.39, 0.29) is 24.0 Å². The van der Waals surface area contributed by atoms with Crippen molar-refractivity contribution in [1.82, 2.24) is 5.32 Å². The van der Waals surface area contributed by atoms with Gasteiger partial charge in [-0.05, 0) is 39.0 Å².